The number of carbonyl (C=O) groups is 2. The molecule has 0 heterocycles. The Labute approximate surface area is 318 Å². The van der Waals surface area contributed by atoms with Crippen LogP contribution >= 0.6 is 0 Å². The van der Waals surface area contributed by atoms with Gasteiger partial charge < -0.3 is 11.6 Å². The first kappa shape index (κ1) is 50.0. The second-order valence-electron chi connectivity index (χ2n) is 12.2. The first-order chi connectivity index (χ1) is 19.5. The van der Waals surface area contributed by atoms with E-state index in [-0.39, 0.29) is 70.2 Å². The molecule has 0 aliphatic carbocycles. The Morgan fingerprint density at radius 2 is 0.500 bits per heavy atom. The van der Waals surface area contributed by atoms with Gasteiger partial charge in [-0.15, -0.1) is 0 Å². The maximum Gasteiger partial charge on any atom is 1.00 e. The fraction of sp³-hybridized carbons (Fsp3) is 0.944. The van der Waals surface area contributed by atoms with Crippen molar-refractivity contribution in [3.63, 3.8) is 0 Å². The minimum atomic E-state index is -0.653. The average Bonchev–Trinajstić information content (AvgIpc) is 2.93. The molecule has 0 amide bonds. The fourth-order valence-corrected chi connectivity index (χ4v) is 5.30. The molecule has 0 spiro atoms. The van der Waals surface area contributed by atoms with Gasteiger partial charge in [-0.2, -0.15) is 0 Å². The molecule has 0 aromatic heterocycles. The third kappa shape index (κ3) is 53.7. The summed E-state index contributed by atoms with van der Waals surface area (Å²) in [6.07, 6.45) is 40.4. The first-order valence-corrected chi connectivity index (χ1v) is 18.0. The molecule has 0 saturated carbocycles. The van der Waals surface area contributed by atoms with Crippen LogP contribution < -0.4 is 51.4 Å². The van der Waals surface area contributed by atoms with Crippen molar-refractivity contribution in [3.05, 3.63) is 0 Å². The molecule has 0 aromatic carbocycles. The third-order valence-corrected chi connectivity index (χ3v) is 7.99. The molecule has 2 N–H and O–H groups in total. The zero-order valence-electron chi connectivity index (χ0n) is 29.3. The molecular formula is C36H76AlKO4. The summed E-state index contributed by atoms with van der Waals surface area (Å²) in [5, 5.41) is 17.0. The molecule has 0 radical (unpaired) electrons. The van der Waals surface area contributed by atoms with E-state index >= 15 is 0 Å². The zero-order chi connectivity index (χ0) is 29.8. The predicted octanol–water partition coefficient (Wildman–Crippen LogP) is 8.60. The molecule has 0 aromatic rings. The number of unbranched alkanes of at least 4 members (excludes halogenated alkanes) is 28. The van der Waals surface area contributed by atoms with Gasteiger partial charge in [-0.1, -0.05) is 194 Å². The van der Waals surface area contributed by atoms with Crippen LogP contribution in [0.2, 0.25) is 0 Å². The van der Waals surface area contributed by atoms with Crippen molar-refractivity contribution in [1.82, 2.24) is 0 Å². The van der Waals surface area contributed by atoms with Gasteiger partial charge in [0.05, 0.1) is 0 Å². The van der Waals surface area contributed by atoms with E-state index in [2.05, 4.69) is 13.8 Å². The topological polar surface area (TPSA) is 74.6 Å². The summed E-state index contributed by atoms with van der Waals surface area (Å²) in [6.45, 7) is 4.54. The molecule has 42 heavy (non-hydrogen) atoms. The van der Waals surface area contributed by atoms with Gasteiger partial charge in [0.1, 0.15) is 0 Å². The number of carboxylic acids is 2. The van der Waals surface area contributed by atoms with Gasteiger partial charge in [0.25, 0.3) is 0 Å². The number of carboxylic acid groups (broad SMARTS) is 2. The Morgan fingerprint density at radius 1 is 0.357 bits per heavy atom. The summed E-state index contributed by atoms with van der Waals surface area (Å²) in [5.74, 6) is -1.31. The van der Waals surface area contributed by atoms with Crippen LogP contribution in [0.3, 0.4) is 0 Å². The molecule has 0 rings (SSSR count). The molecule has 6 heteroatoms. The van der Waals surface area contributed by atoms with Gasteiger partial charge in [0, 0.05) is 12.8 Å². The molecule has 248 valence electrons. The summed E-state index contributed by atoms with van der Waals surface area (Å²) < 4.78 is 0. The summed E-state index contributed by atoms with van der Waals surface area (Å²) >= 11 is 0. The van der Waals surface area contributed by atoms with Crippen molar-refractivity contribution in [2.45, 2.75) is 219 Å². The first-order valence-electron chi connectivity index (χ1n) is 18.0. The van der Waals surface area contributed by atoms with Crippen LogP contribution in [0.5, 0.6) is 0 Å². The Morgan fingerprint density at radius 3 is 0.643 bits per heavy atom. The van der Waals surface area contributed by atoms with Crippen LogP contribution in [0.4, 0.5) is 0 Å². The maximum atomic E-state index is 10.3. The van der Waals surface area contributed by atoms with Crippen LogP contribution in [0.15, 0.2) is 0 Å². The van der Waals surface area contributed by atoms with Crippen LogP contribution in [-0.4, -0.2) is 39.5 Å². The van der Waals surface area contributed by atoms with E-state index in [1.54, 1.807) is 0 Å². The van der Waals surface area contributed by atoms with Gasteiger partial charge in [-0.05, 0) is 12.8 Å². The Hall–Kier alpha value is 1.11. The molecule has 0 bridgehead atoms. The summed E-state index contributed by atoms with van der Waals surface area (Å²) in [4.78, 5) is 20.7. The normalized spacial score (nSPS) is 10.3. The van der Waals surface area contributed by atoms with E-state index in [4.69, 9.17) is 10.2 Å². The smallest absolute Gasteiger partial charge is 1.00 e. The van der Waals surface area contributed by atoms with Crippen molar-refractivity contribution in [2.75, 3.05) is 0 Å². The van der Waals surface area contributed by atoms with Gasteiger partial charge in [0.2, 0.25) is 0 Å². The van der Waals surface area contributed by atoms with E-state index < -0.39 is 11.9 Å². The van der Waals surface area contributed by atoms with Crippen molar-refractivity contribution >= 4 is 29.3 Å². The van der Waals surface area contributed by atoms with Crippen LogP contribution in [0.1, 0.15) is 221 Å². The van der Waals surface area contributed by atoms with E-state index in [9.17, 15) is 9.59 Å². The van der Waals surface area contributed by atoms with Crippen molar-refractivity contribution in [3.8, 4) is 0 Å². The molecule has 0 fully saturated rings. The van der Waals surface area contributed by atoms with Crippen molar-refractivity contribution in [2.24, 2.45) is 0 Å². The van der Waals surface area contributed by atoms with Crippen LogP contribution in [0.25, 0.3) is 0 Å². The average molecular weight is 639 g/mol. The van der Waals surface area contributed by atoms with Gasteiger partial charge in [0.15, 0.2) is 17.4 Å². The summed E-state index contributed by atoms with van der Waals surface area (Å²) in [5.41, 5.74) is 0. The minimum absolute atomic E-state index is 0. The zero-order valence-corrected chi connectivity index (χ0v) is 31.5. The molecule has 0 aliphatic rings. The second kappa shape index (κ2) is 46.5. The molecule has 0 saturated heterocycles. The fourth-order valence-electron chi connectivity index (χ4n) is 5.30. The monoisotopic (exact) mass is 639 g/mol. The molecule has 4 nitrogen and oxygen atoms in total. The van der Waals surface area contributed by atoms with Crippen LogP contribution in [0, 0.1) is 0 Å². The summed E-state index contributed by atoms with van der Waals surface area (Å²) in [6, 6.07) is 0. The van der Waals surface area contributed by atoms with E-state index in [0.29, 0.717) is 12.8 Å². The molecule has 0 atom stereocenters. The van der Waals surface area contributed by atoms with Gasteiger partial charge in [-0.3, -0.25) is 9.59 Å². The van der Waals surface area contributed by atoms with Crippen molar-refractivity contribution < 1.29 is 72.6 Å². The number of hydrogen-bond donors (Lipinski definition) is 2. The number of hydrogen-bond acceptors (Lipinski definition) is 2. The standard InChI is InChI=1S/2C18H36O2.Al.K.4H/c2*1-2-3-4-5-6-7-8-9-10-11-12-13-14-15-16-17-18(19)20;;;;;;/h2*2-17H2,1H3,(H,19,20);;;;;;/q;;;+1;;;;-1. The van der Waals surface area contributed by atoms with E-state index in [0.717, 1.165) is 25.7 Å². The second-order valence-corrected chi connectivity index (χ2v) is 12.2. The van der Waals surface area contributed by atoms with Gasteiger partial charge in [-0.25, -0.2) is 0 Å². The molecule has 0 unspecified atom stereocenters. The number of rotatable bonds is 32. The Balaban J connectivity index is -0.000000209. The number of aliphatic carboxylic acids is 2. The largest absolute Gasteiger partial charge is 1.00 e. The van der Waals surface area contributed by atoms with Gasteiger partial charge >= 0.3 is 63.3 Å². The minimum Gasteiger partial charge on any atom is -1.00 e. The Kier molecular flexibility index (Phi) is 55.4. The third-order valence-electron chi connectivity index (χ3n) is 7.99. The Bertz CT molecular complexity index is 468. The molecule has 0 aliphatic heterocycles. The predicted molar refractivity (Wildman–Crippen MR) is 185 cm³/mol. The SMILES string of the molecule is CCCCCCCCCCCCCCCCCC(=O)O.CCCCCCCCCCCCCCCCCC(=O)O.[AlH3].[H-].[K+]. The van der Waals surface area contributed by atoms with Crippen LogP contribution in [-0.2, 0) is 9.59 Å². The van der Waals surface area contributed by atoms with E-state index in [1.165, 1.54) is 167 Å². The maximum absolute atomic E-state index is 10.3. The molecular weight excluding hydrogens is 562 g/mol. The van der Waals surface area contributed by atoms with Crippen molar-refractivity contribution in [1.29, 1.82) is 0 Å². The summed E-state index contributed by atoms with van der Waals surface area (Å²) in [7, 11) is 0. The quantitative estimate of drug-likeness (QED) is 0.0572. The van der Waals surface area contributed by atoms with E-state index in [1.807, 2.05) is 0 Å².